The van der Waals surface area contributed by atoms with Gasteiger partial charge in [0.25, 0.3) is 0 Å². The predicted octanol–water partition coefficient (Wildman–Crippen LogP) is 2.69. The van der Waals surface area contributed by atoms with E-state index < -0.39 is 0 Å². The lowest BCUT2D eigenvalue weighted by Gasteiger charge is -2.30. The van der Waals surface area contributed by atoms with E-state index in [4.69, 9.17) is 0 Å². The highest BCUT2D eigenvalue weighted by atomic mass is 16.2. The Hall–Kier alpha value is -2.69. The summed E-state index contributed by atoms with van der Waals surface area (Å²) in [6, 6.07) is 13.5. The van der Waals surface area contributed by atoms with Crippen molar-refractivity contribution in [2.45, 2.75) is 26.3 Å². The van der Waals surface area contributed by atoms with Gasteiger partial charge in [-0.3, -0.25) is 14.6 Å². The van der Waals surface area contributed by atoms with Crippen molar-refractivity contribution in [2.75, 3.05) is 20.1 Å². The zero-order valence-electron chi connectivity index (χ0n) is 15.1. The van der Waals surface area contributed by atoms with Crippen molar-refractivity contribution < 1.29 is 9.59 Å². The minimum atomic E-state index is -0.142. The predicted molar refractivity (Wildman–Crippen MR) is 97.8 cm³/mol. The van der Waals surface area contributed by atoms with Gasteiger partial charge >= 0.3 is 0 Å². The van der Waals surface area contributed by atoms with Crippen molar-refractivity contribution in [3.63, 3.8) is 0 Å². The second-order valence-corrected chi connectivity index (χ2v) is 6.15. The monoisotopic (exact) mass is 339 g/mol. The molecule has 0 spiro atoms. The molecule has 0 saturated heterocycles. The molecule has 0 N–H and O–H groups in total. The van der Waals surface area contributed by atoms with Crippen LogP contribution in [0.25, 0.3) is 0 Å². The molecule has 1 aromatic carbocycles. The molecule has 2 rings (SSSR count). The number of hydrogen-bond donors (Lipinski definition) is 0. The molecule has 25 heavy (non-hydrogen) atoms. The Morgan fingerprint density at radius 2 is 1.72 bits per heavy atom. The molecule has 0 aliphatic rings. The summed E-state index contributed by atoms with van der Waals surface area (Å²) < 4.78 is 0. The van der Waals surface area contributed by atoms with Crippen LogP contribution in [0.4, 0.5) is 0 Å². The fourth-order valence-corrected chi connectivity index (χ4v) is 2.67. The average Bonchev–Trinajstić information content (AvgIpc) is 2.64. The number of nitrogens with zero attached hydrogens (tertiary/aromatic N) is 3. The minimum absolute atomic E-state index is 0.0629. The van der Waals surface area contributed by atoms with Gasteiger partial charge in [-0.25, -0.2) is 0 Å². The third-order valence-electron chi connectivity index (χ3n) is 4.37. The number of carbonyl (C=O) groups is 2. The molecule has 2 amide bonds. The lowest BCUT2D eigenvalue weighted by molar-refractivity contribution is -0.140. The Labute approximate surface area is 149 Å². The lowest BCUT2D eigenvalue weighted by Crippen LogP contribution is -2.42. The maximum atomic E-state index is 12.5. The van der Waals surface area contributed by atoms with E-state index in [1.165, 1.54) is 6.92 Å². The number of hydrogen-bond acceptors (Lipinski definition) is 3. The van der Waals surface area contributed by atoms with Crippen LogP contribution < -0.4 is 0 Å². The zero-order valence-corrected chi connectivity index (χ0v) is 15.1. The molecule has 132 valence electrons. The highest BCUT2D eigenvalue weighted by Crippen LogP contribution is 2.20. The van der Waals surface area contributed by atoms with Gasteiger partial charge < -0.3 is 9.80 Å². The molecule has 0 aliphatic heterocycles. The molecule has 0 radical (unpaired) electrons. The number of pyridine rings is 1. The average molecular weight is 339 g/mol. The summed E-state index contributed by atoms with van der Waals surface area (Å²) in [6.07, 6.45) is 4.26. The molecule has 0 saturated carbocycles. The van der Waals surface area contributed by atoms with E-state index in [1.54, 1.807) is 29.2 Å². The van der Waals surface area contributed by atoms with Crippen molar-refractivity contribution >= 4 is 11.8 Å². The summed E-state index contributed by atoms with van der Waals surface area (Å²) in [5.74, 6) is -0.167. The normalized spacial score (nSPS) is 11.6. The number of carbonyl (C=O) groups excluding carboxylic acids is 2. The first-order chi connectivity index (χ1) is 12.0. The van der Waals surface area contributed by atoms with Gasteiger partial charge in [0.15, 0.2) is 0 Å². The van der Waals surface area contributed by atoms with Gasteiger partial charge in [-0.15, -0.1) is 0 Å². The van der Waals surface area contributed by atoms with E-state index in [-0.39, 0.29) is 24.4 Å². The van der Waals surface area contributed by atoms with Crippen LogP contribution in [0.3, 0.4) is 0 Å². The fraction of sp³-hybridized carbons (Fsp3) is 0.350. The van der Waals surface area contributed by atoms with Crippen LogP contribution in [0, 0.1) is 0 Å². The summed E-state index contributed by atoms with van der Waals surface area (Å²) in [5, 5.41) is 0. The maximum Gasteiger partial charge on any atom is 0.241 e. The summed E-state index contributed by atoms with van der Waals surface area (Å²) in [7, 11) is 1.77. The standard InChI is InChI=1S/C20H25N3O2/c1-16(19-7-5-4-6-8-19)23(17(2)24)15-20(25)22(3)14-11-18-9-12-21-13-10-18/h4-10,12-13,16H,11,14-15H2,1-3H3. The summed E-state index contributed by atoms with van der Waals surface area (Å²) in [5.41, 5.74) is 2.15. The third-order valence-corrected chi connectivity index (χ3v) is 4.37. The van der Waals surface area contributed by atoms with Gasteiger partial charge in [-0.2, -0.15) is 0 Å². The maximum absolute atomic E-state index is 12.5. The van der Waals surface area contributed by atoms with E-state index in [9.17, 15) is 9.59 Å². The molecular weight excluding hydrogens is 314 g/mol. The number of rotatable bonds is 7. The van der Waals surface area contributed by atoms with Crippen LogP contribution in [0.15, 0.2) is 54.9 Å². The van der Waals surface area contributed by atoms with Crippen molar-refractivity contribution in [3.8, 4) is 0 Å². The zero-order chi connectivity index (χ0) is 18.2. The van der Waals surface area contributed by atoms with Gasteiger partial charge in [0.05, 0.1) is 6.04 Å². The largest absolute Gasteiger partial charge is 0.344 e. The summed E-state index contributed by atoms with van der Waals surface area (Å²) >= 11 is 0. The van der Waals surface area contributed by atoms with Gasteiger partial charge in [0, 0.05) is 32.9 Å². The number of aromatic nitrogens is 1. The summed E-state index contributed by atoms with van der Waals surface area (Å²) in [6.45, 7) is 4.14. The van der Waals surface area contributed by atoms with Crippen LogP contribution in [-0.4, -0.2) is 46.7 Å². The first-order valence-electron chi connectivity index (χ1n) is 8.44. The minimum Gasteiger partial charge on any atom is -0.344 e. The van der Waals surface area contributed by atoms with Crippen molar-refractivity contribution in [3.05, 3.63) is 66.0 Å². The molecule has 5 heteroatoms. The number of likely N-dealkylation sites (N-methyl/N-ethyl adjacent to an activating group) is 1. The van der Waals surface area contributed by atoms with E-state index in [2.05, 4.69) is 4.98 Å². The van der Waals surface area contributed by atoms with Crippen LogP contribution in [0.5, 0.6) is 0 Å². The SMILES string of the molecule is CC(=O)N(CC(=O)N(C)CCc1ccncc1)C(C)c1ccccc1. The Kier molecular flexibility index (Phi) is 6.69. The summed E-state index contributed by atoms with van der Waals surface area (Å²) in [4.78, 5) is 31.9. The molecule has 0 bridgehead atoms. The molecular formula is C20H25N3O2. The van der Waals surface area contributed by atoms with E-state index in [0.717, 1.165) is 17.5 Å². The number of benzene rings is 1. The van der Waals surface area contributed by atoms with Crippen molar-refractivity contribution in [1.29, 1.82) is 0 Å². The first-order valence-corrected chi connectivity index (χ1v) is 8.44. The highest BCUT2D eigenvalue weighted by molar-refractivity contribution is 5.84. The van der Waals surface area contributed by atoms with Gasteiger partial charge in [0.1, 0.15) is 6.54 Å². The second-order valence-electron chi connectivity index (χ2n) is 6.15. The van der Waals surface area contributed by atoms with Crippen molar-refractivity contribution in [2.24, 2.45) is 0 Å². The molecule has 1 atom stereocenters. The Morgan fingerprint density at radius 3 is 2.32 bits per heavy atom. The van der Waals surface area contributed by atoms with Crippen LogP contribution >= 0.6 is 0 Å². The molecule has 1 unspecified atom stereocenters. The van der Waals surface area contributed by atoms with Crippen molar-refractivity contribution in [1.82, 2.24) is 14.8 Å². The molecule has 0 aliphatic carbocycles. The highest BCUT2D eigenvalue weighted by Gasteiger charge is 2.22. The van der Waals surface area contributed by atoms with Gasteiger partial charge in [-0.05, 0) is 36.6 Å². The van der Waals surface area contributed by atoms with E-state index in [0.29, 0.717) is 6.54 Å². The van der Waals surface area contributed by atoms with E-state index in [1.807, 2.05) is 49.4 Å². The second kappa shape index (κ2) is 8.97. The number of amides is 2. The Balaban J connectivity index is 1.96. The quantitative estimate of drug-likeness (QED) is 0.779. The molecule has 5 nitrogen and oxygen atoms in total. The third kappa shape index (κ3) is 5.41. The topological polar surface area (TPSA) is 53.5 Å². The fourth-order valence-electron chi connectivity index (χ4n) is 2.67. The molecule has 1 aromatic heterocycles. The molecule has 1 heterocycles. The van der Waals surface area contributed by atoms with Gasteiger partial charge in [-0.1, -0.05) is 30.3 Å². The lowest BCUT2D eigenvalue weighted by atomic mass is 10.1. The smallest absolute Gasteiger partial charge is 0.241 e. The molecule has 0 fully saturated rings. The molecule has 2 aromatic rings. The van der Waals surface area contributed by atoms with Crippen LogP contribution in [-0.2, 0) is 16.0 Å². The van der Waals surface area contributed by atoms with E-state index >= 15 is 0 Å². The van der Waals surface area contributed by atoms with Crippen LogP contribution in [0.1, 0.15) is 31.0 Å². The van der Waals surface area contributed by atoms with Gasteiger partial charge in [0.2, 0.25) is 11.8 Å². The first kappa shape index (κ1) is 18.6. The Bertz CT molecular complexity index is 689. The Morgan fingerprint density at radius 1 is 1.08 bits per heavy atom. The van der Waals surface area contributed by atoms with Crippen LogP contribution in [0.2, 0.25) is 0 Å².